The lowest BCUT2D eigenvalue weighted by Gasteiger charge is -2.37. The molecule has 0 saturated carbocycles. The van der Waals surface area contributed by atoms with Gasteiger partial charge in [-0.2, -0.15) is 0 Å². The minimum absolute atomic E-state index is 0.403. The van der Waals surface area contributed by atoms with Gasteiger partial charge >= 0.3 is 5.97 Å². The first-order valence-corrected chi connectivity index (χ1v) is 4.80. The first-order valence-electron chi connectivity index (χ1n) is 4.80. The van der Waals surface area contributed by atoms with E-state index in [0.717, 1.165) is 12.1 Å². The molecule has 1 aliphatic heterocycles. The van der Waals surface area contributed by atoms with Gasteiger partial charge < -0.3 is 5.11 Å². The molecule has 0 bridgehead atoms. The van der Waals surface area contributed by atoms with E-state index in [1.807, 2.05) is 4.90 Å². The van der Waals surface area contributed by atoms with E-state index < -0.39 is 17.8 Å². The molecule has 1 fully saturated rings. The largest absolute Gasteiger partial charge is 0.480 e. The number of halogens is 1. The molecule has 1 aliphatic rings. The molecular formula is C11H11FNO2. The van der Waals surface area contributed by atoms with Crippen molar-refractivity contribution in [3.63, 3.8) is 0 Å². The standard InChI is InChI=1S/C11H11FNO2/c12-9-3-1-2-8(6-9)7-13-5-4-10(13)11(14)15/h1-2,6,10H,4-5,7H2,(H,14,15)/t10-/m0/s1. The predicted octanol–water partition coefficient (Wildman–Crippen LogP) is 1.28. The molecule has 1 atom stereocenters. The average molecular weight is 208 g/mol. The Morgan fingerprint density at radius 1 is 1.73 bits per heavy atom. The fourth-order valence-electron chi connectivity index (χ4n) is 1.72. The third kappa shape index (κ3) is 2.15. The summed E-state index contributed by atoms with van der Waals surface area (Å²) in [7, 11) is 0. The first kappa shape index (κ1) is 10.1. The van der Waals surface area contributed by atoms with Gasteiger partial charge in [0.05, 0.1) is 0 Å². The van der Waals surface area contributed by atoms with Gasteiger partial charge in [-0.05, 0) is 18.1 Å². The van der Waals surface area contributed by atoms with Gasteiger partial charge in [0.2, 0.25) is 0 Å². The second kappa shape index (κ2) is 3.98. The van der Waals surface area contributed by atoms with Crippen LogP contribution in [0.25, 0.3) is 0 Å². The second-order valence-corrected chi connectivity index (χ2v) is 3.66. The van der Waals surface area contributed by atoms with Crippen molar-refractivity contribution >= 4 is 5.97 Å². The molecule has 0 spiro atoms. The van der Waals surface area contributed by atoms with Crippen LogP contribution >= 0.6 is 0 Å². The lowest BCUT2D eigenvalue weighted by atomic mass is 10.0. The van der Waals surface area contributed by atoms with Gasteiger partial charge in [-0.25, -0.2) is 4.39 Å². The highest BCUT2D eigenvalue weighted by atomic mass is 19.1. The zero-order valence-electron chi connectivity index (χ0n) is 8.11. The number of hydrogen-bond acceptors (Lipinski definition) is 2. The topological polar surface area (TPSA) is 40.5 Å². The van der Waals surface area contributed by atoms with Crippen molar-refractivity contribution in [1.82, 2.24) is 4.90 Å². The van der Waals surface area contributed by atoms with Crippen molar-refractivity contribution in [2.45, 2.75) is 19.0 Å². The van der Waals surface area contributed by atoms with Crippen molar-refractivity contribution < 1.29 is 14.3 Å². The van der Waals surface area contributed by atoms with E-state index >= 15 is 0 Å². The van der Waals surface area contributed by atoms with E-state index in [1.54, 1.807) is 6.07 Å². The molecule has 15 heavy (non-hydrogen) atoms. The Hall–Kier alpha value is -1.42. The number of nitrogens with zero attached hydrogens (tertiary/aromatic N) is 1. The number of rotatable bonds is 3. The summed E-state index contributed by atoms with van der Waals surface area (Å²) in [5.74, 6) is -1.20. The molecule has 1 aromatic carbocycles. The number of hydrogen-bond donors (Lipinski definition) is 1. The third-order valence-corrected chi connectivity index (χ3v) is 2.63. The Morgan fingerprint density at radius 3 is 3.07 bits per heavy atom. The van der Waals surface area contributed by atoms with Crippen LogP contribution in [0.2, 0.25) is 0 Å². The van der Waals surface area contributed by atoms with E-state index in [-0.39, 0.29) is 0 Å². The number of benzene rings is 1. The number of aliphatic carboxylic acids is 1. The van der Waals surface area contributed by atoms with Crippen molar-refractivity contribution in [2.75, 3.05) is 6.54 Å². The molecule has 1 N–H and O–H groups in total. The van der Waals surface area contributed by atoms with Crippen molar-refractivity contribution in [3.8, 4) is 0 Å². The third-order valence-electron chi connectivity index (χ3n) is 2.63. The van der Waals surface area contributed by atoms with E-state index in [4.69, 9.17) is 5.11 Å². The van der Waals surface area contributed by atoms with Crippen LogP contribution in [0.5, 0.6) is 0 Å². The van der Waals surface area contributed by atoms with Crippen LogP contribution < -0.4 is 0 Å². The van der Waals surface area contributed by atoms with Crippen LogP contribution in [-0.4, -0.2) is 28.6 Å². The minimum atomic E-state index is -0.802. The van der Waals surface area contributed by atoms with Gasteiger partial charge in [-0.15, -0.1) is 0 Å². The monoisotopic (exact) mass is 208 g/mol. The highest BCUT2D eigenvalue weighted by Crippen LogP contribution is 2.20. The molecule has 1 heterocycles. The zero-order chi connectivity index (χ0) is 10.8. The molecular weight excluding hydrogens is 197 g/mol. The fourth-order valence-corrected chi connectivity index (χ4v) is 1.72. The van der Waals surface area contributed by atoms with E-state index in [1.165, 1.54) is 12.1 Å². The number of likely N-dealkylation sites (tertiary alicyclic amines) is 1. The normalized spacial score (nSPS) is 21.0. The quantitative estimate of drug-likeness (QED) is 0.813. The highest BCUT2D eigenvalue weighted by molar-refractivity contribution is 5.74. The molecule has 0 aliphatic carbocycles. The van der Waals surface area contributed by atoms with Gasteiger partial charge in [0.15, 0.2) is 0 Å². The highest BCUT2D eigenvalue weighted by Gasteiger charge is 2.33. The van der Waals surface area contributed by atoms with E-state index in [0.29, 0.717) is 13.0 Å². The van der Waals surface area contributed by atoms with E-state index in [9.17, 15) is 9.18 Å². The molecule has 2 rings (SSSR count). The Kier molecular flexibility index (Phi) is 2.68. The van der Waals surface area contributed by atoms with Crippen LogP contribution in [0.3, 0.4) is 0 Å². The molecule has 1 aromatic rings. The molecule has 1 saturated heterocycles. The molecule has 4 heteroatoms. The molecule has 79 valence electrons. The van der Waals surface area contributed by atoms with Gasteiger partial charge in [0.1, 0.15) is 11.9 Å². The van der Waals surface area contributed by atoms with Crippen molar-refractivity contribution in [3.05, 3.63) is 35.6 Å². The minimum Gasteiger partial charge on any atom is -0.480 e. The second-order valence-electron chi connectivity index (χ2n) is 3.66. The first-order chi connectivity index (χ1) is 7.16. The van der Waals surface area contributed by atoms with Crippen molar-refractivity contribution in [2.24, 2.45) is 0 Å². The lowest BCUT2D eigenvalue weighted by molar-refractivity contribution is -0.148. The Balaban J connectivity index is 2.00. The van der Waals surface area contributed by atoms with Gasteiger partial charge in [-0.3, -0.25) is 9.69 Å². The maximum atomic E-state index is 12.8. The Morgan fingerprint density at radius 2 is 2.53 bits per heavy atom. The van der Waals surface area contributed by atoms with Crippen LogP contribution in [0.15, 0.2) is 18.2 Å². The summed E-state index contributed by atoms with van der Waals surface area (Å²) < 4.78 is 12.8. The maximum Gasteiger partial charge on any atom is 0.320 e. The summed E-state index contributed by atoms with van der Waals surface area (Å²) in [6.07, 6.45) is 0.677. The summed E-state index contributed by atoms with van der Waals surface area (Å²) in [5, 5.41) is 8.81. The molecule has 3 nitrogen and oxygen atoms in total. The van der Waals surface area contributed by atoms with Gasteiger partial charge in [0, 0.05) is 19.2 Å². The maximum absolute atomic E-state index is 12.8. The SMILES string of the molecule is O=C(O)[C@@H]1CCN1Cc1cc[c]c(F)c1. The summed E-state index contributed by atoms with van der Waals surface area (Å²) in [4.78, 5) is 12.5. The number of carboxylic acid groups (broad SMARTS) is 1. The van der Waals surface area contributed by atoms with Gasteiger partial charge in [0.25, 0.3) is 0 Å². The van der Waals surface area contributed by atoms with Crippen LogP contribution in [-0.2, 0) is 11.3 Å². The fraction of sp³-hybridized carbons (Fsp3) is 0.364. The summed E-state index contributed by atoms with van der Waals surface area (Å²) in [6.45, 7) is 1.25. The Labute approximate surface area is 87.1 Å². The van der Waals surface area contributed by atoms with Crippen LogP contribution in [0.4, 0.5) is 4.39 Å². The van der Waals surface area contributed by atoms with Crippen molar-refractivity contribution in [1.29, 1.82) is 0 Å². The average Bonchev–Trinajstić information content (AvgIpc) is 2.11. The van der Waals surface area contributed by atoms with E-state index in [2.05, 4.69) is 6.07 Å². The molecule has 0 unspecified atom stereocenters. The zero-order valence-corrected chi connectivity index (χ0v) is 8.11. The molecule has 1 radical (unpaired) electrons. The molecule has 0 amide bonds. The summed E-state index contributed by atoms with van der Waals surface area (Å²) in [6, 6.07) is 6.66. The Bertz CT molecular complexity index is 381. The summed E-state index contributed by atoms with van der Waals surface area (Å²) >= 11 is 0. The lowest BCUT2D eigenvalue weighted by Crippen LogP contribution is -2.51. The van der Waals surface area contributed by atoms with Crippen LogP contribution in [0, 0.1) is 11.9 Å². The molecule has 0 aromatic heterocycles. The smallest absolute Gasteiger partial charge is 0.320 e. The number of carbonyl (C=O) groups is 1. The van der Waals surface area contributed by atoms with Crippen LogP contribution in [0.1, 0.15) is 12.0 Å². The van der Waals surface area contributed by atoms with Gasteiger partial charge in [-0.1, -0.05) is 12.1 Å². The summed E-state index contributed by atoms with van der Waals surface area (Å²) in [5.41, 5.74) is 0.789. The number of carboxylic acids is 1. The predicted molar refractivity (Wildman–Crippen MR) is 51.7 cm³/mol.